The molecule has 0 heterocycles. The summed E-state index contributed by atoms with van der Waals surface area (Å²) in [6.45, 7) is 8.44. The molecule has 1 atom stereocenters. The Morgan fingerprint density at radius 2 is 0.900 bits per heavy atom. The van der Waals surface area contributed by atoms with E-state index in [1.807, 2.05) is 0 Å². The Hall–Kier alpha value is -1.14. The maximum atomic E-state index is 12.7. The van der Waals surface area contributed by atoms with Gasteiger partial charge in [0, 0.05) is 18.9 Å². The Bertz CT molecular complexity index is 701. The van der Waals surface area contributed by atoms with Crippen LogP contribution in [-0.4, -0.2) is 60.9 Å². The third kappa shape index (κ3) is 34.0. The monoisotopic (exact) mass is 710 g/mol. The van der Waals surface area contributed by atoms with Crippen molar-refractivity contribution < 1.29 is 24.2 Å². The molecule has 6 nitrogen and oxygen atoms in total. The SMILES string of the molecule is CCCCCCCCCCCOC(=O)CCCCC(CO)N(C)CCCCCCCC(=O)OC(CCCCCCCC)CCCCCCCC. The molecule has 0 saturated heterocycles. The van der Waals surface area contributed by atoms with Gasteiger partial charge in [-0.1, -0.05) is 162 Å². The van der Waals surface area contributed by atoms with Gasteiger partial charge in [0.25, 0.3) is 0 Å². The van der Waals surface area contributed by atoms with Gasteiger partial charge in [0.15, 0.2) is 0 Å². The molecule has 1 unspecified atom stereocenters. The molecule has 0 fully saturated rings. The molecule has 6 heteroatoms. The normalized spacial score (nSPS) is 12.2. The first kappa shape index (κ1) is 48.9. The molecule has 50 heavy (non-hydrogen) atoms. The third-order valence-corrected chi connectivity index (χ3v) is 10.5. The van der Waals surface area contributed by atoms with Crippen molar-refractivity contribution in [3.05, 3.63) is 0 Å². The minimum Gasteiger partial charge on any atom is -0.466 e. The fourth-order valence-electron chi connectivity index (χ4n) is 6.93. The van der Waals surface area contributed by atoms with Crippen LogP contribution in [0.5, 0.6) is 0 Å². The maximum absolute atomic E-state index is 12.7. The lowest BCUT2D eigenvalue weighted by atomic mass is 10.0. The zero-order valence-electron chi connectivity index (χ0n) is 34.1. The molecule has 1 N–H and O–H groups in total. The predicted molar refractivity (Wildman–Crippen MR) is 214 cm³/mol. The van der Waals surface area contributed by atoms with E-state index in [9.17, 15) is 14.7 Å². The van der Waals surface area contributed by atoms with Gasteiger partial charge in [0.05, 0.1) is 13.2 Å². The van der Waals surface area contributed by atoms with E-state index in [0.717, 1.165) is 83.6 Å². The average molecular weight is 710 g/mol. The molecule has 0 amide bonds. The summed E-state index contributed by atoms with van der Waals surface area (Å²) in [5.74, 6) is -0.0718. The zero-order chi connectivity index (χ0) is 36.8. The van der Waals surface area contributed by atoms with Crippen LogP contribution in [0, 0.1) is 0 Å². The van der Waals surface area contributed by atoms with Crippen LogP contribution < -0.4 is 0 Å². The number of aliphatic hydroxyl groups excluding tert-OH is 1. The minimum absolute atomic E-state index is 0.00421. The van der Waals surface area contributed by atoms with Crippen molar-refractivity contribution in [2.45, 2.75) is 245 Å². The van der Waals surface area contributed by atoms with Gasteiger partial charge in [0.2, 0.25) is 0 Å². The van der Waals surface area contributed by atoms with Crippen molar-refractivity contribution in [1.29, 1.82) is 0 Å². The number of rotatable bonds is 40. The number of esters is 2. The summed E-state index contributed by atoms with van der Waals surface area (Å²) in [7, 11) is 2.10. The second kappa shape index (κ2) is 39.1. The zero-order valence-corrected chi connectivity index (χ0v) is 34.1. The Morgan fingerprint density at radius 1 is 0.500 bits per heavy atom. The lowest BCUT2D eigenvalue weighted by Gasteiger charge is -2.26. The summed E-state index contributed by atoms with van der Waals surface area (Å²) >= 11 is 0. The Kier molecular flexibility index (Phi) is 38.2. The Labute approximate surface area is 312 Å². The number of likely N-dealkylation sites (N-methyl/N-ethyl adjacent to an activating group) is 1. The topological polar surface area (TPSA) is 76.1 Å². The summed E-state index contributed by atoms with van der Waals surface area (Å²) in [5.41, 5.74) is 0. The molecule has 0 aromatic heterocycles. The lowest BCUT2D eigenvalue weighted by molar-refractivity contribution is -0.150. The molecule has 0 aliphatic carbocycles. The highest BCUT2D eigenvalue weighted by Crippen LogP contribution is 2.19. The van der Waals surface area contributed by atoms with Crippen LogP contribution in [0.2, 0.25) is 0 Å². The molecule has 0 aliphatic rings. The molecular weight excluding hydrogens is 622 g/mol. The number of aliphatic hydroxyl groups is 1. The number of nitrogens with zero attached hydrogens (tertiary/aromatic N) is 1. The van der Waals surface area contributed by atoms with E-state index in [1.54, 1.807) is 0 Å². The van der Waals surface area contributed by atoms with Crippen molar-refractivity contribution in [3.8, 4) is 0 Å². The predicted octanol–water partition coefficient (Wildman–Crippen LogP) is 12.7. The van der Waals surface area contributed by atoms with Crippen LogP contribution in [0.15, 0.2) is 0 Å². The quantitative estimate of drug-likeness (QED) is 0.0504. The maximum Gasteiger partial charge on any atom is 0.306 e. The summed E-state index contributed by atoms with van der Waals surface area (Å²) in [6, 6.07) is 0.142. The van der Waals surface area contributed by atoms with Crippen LogP contribution in [0.25, 0.3) is 0 Å². The molecule has 0 aliphatic heterocycles. The molecule has 0 saturated carbocycles. The molecule has 298 valence electrons. The van der Waals surface area contributed by atoms with E-state index in [2.05, 4.69) is 32.7 Å². The van der Waals surface area contributed by atoms with E-state index in [4.69, 9.17) is 9.47 Å². The largest absolute Gasteiger partial charge is 0.466 e. The molecule has 0 aromatic rings. The first-order valence-corrected chi connectivity index (χ1v) is 22.1. The van der Waals surface area contributed by atoms with E-state index >= 15 is 0 Å². The average Bonchev–Trinajstić information content (AvgIpc) is 3.11. The van der Waals surface area contributed by atoms with Crippen molar-refractivity contribution >= 4 is 11.9 Å². The third-order valence-electron chi connectivity index (χ3n) is 10.5. The highest BCUT2D eigenvalue weighted by molar-refractivity contribution is 5.69. The van der Waals surface area contributed by atoms with Crippen LogP contribution in [0.1, 0.15) is 233 Å². The van der Waals surface area contributed by atoms with Gasteiger partial charge < -0.3 is 19.5 Å². The highest BCUT2D eigenvalue weighted by Gasteiger charge is 2.15. The first-order chi connectivity index (χ1) is 24.5. The van der Waals surface area contributed by atoms with Gasteiger partial charge >= 0.3 is 11.9 Å². The Balaban J connectivity index is 3.98. The van der Waals surface area contributed by atoms with Gasteiger partial charge in [-0.3, -0.25) is 9.59 Å². The first-order valence-electron chi connectivity index (χ1n) is 22.1. The molecule has 0 rings (SSSR count). The highest BCUT2D eigenvalue weighted by atomic mass is 16.5. The fraction of sp³-hybridized carbons (Fsp3) is 0.955. The van der Waals surface area contributed by atoms with Crippen LogP contribution in [0.4, 0.5) is 0 Å². The fourth-order valence-corrected chi connectivity index (χ4v) is 6.93. The van der Waals surface area contributed by atoms with Gasteiger partial charge in [-0.25, -0.2) is 0 Å². The van der Waals surface area contributed by atoms with E-state index in [1.165, 1.54) is 122 Å². The number of ether oxygens (including phenoxy) is 2. The van der Waals surface area contributed by atoms with Gasteiger partial charge in [0.1, 0.15) is 6.10 Å². The van der Waals surface area contributed by atoms with Crippen molar-refractivity contribution in [2.24, 2.45) is 0 Å². The standard InChI is InChI=1S/C44H87NO5/c1-5-8-11-14-17-18-19-25-32-39-49-43(47)36-30-29-33-41(40-46)45(4)38-31-24-20-23-28-37-44(48)50-42(34-26-21-15-12-9-6-2)35-27-22-16-13-10-7-3/h41-42,46H,5-40H2,1-4H3. The van der Waals surface area contributed by atoms with Crippen LogP contribution >= 0.6 is 0 Å². The van der Waals surface area contributed by atoms with E-state index in [-0.39, 0.29) is 30.7 Å². The second-order valence-corrected chi connectivity index (χ2v) is 15.4. The van der Waals surface area contributed by atoms with Crippen LogP contribution in [0.3, 0.4) is 0 Å². The summed E-state index contributed by atoms with van der Waals surface area (Å²) in [6.07, 6.45) is 37.9. The van der Waals surface area contributed by atoms with Crippen LogP contribution in [-0.2, 0) is 19.1 Å². The minimum atomic E-state index is -0.0760. The summed E-state index contributed by atoms with van der Waals surface area (Å²) < 4.78 is 11.4. The molecular formula is C44H87NO5. The van der Waals surface area contributed by atoms with Gasteiger partial charge in [-0.05, 0) is 71.4 Å². The van der Waals surface area contributed by atoms with E-state index < -0.39 is 0 Å². The number of carbonyl (C=O) groups excluding carboxylic acids is 2. The Morgan fingerprint density at radius 3 is 1.42 bits per heavy atom. The van der Waals surface area contributed by atoms with Crippen molar-refractivity contribution in [3.63, 3.8) is 0 Å². The number of hydrogen-bond acceptors (Lipinski definition) is 6. The smallest absolute Gasteiger partial charge is 0.306 e. The van der Waals surface area contributed by atoms with Crippen molar-refractivity contribution in [1.82, 2.24) is 4.90 Å². The number of unbranched alkanes of at least 4 members (excludes halogenated alkanes) is 23. The van der Waals surface area contributed by atoms with Crippen molar-refractivity contribution in [2.75, 3.05) is 26.8 Å². The van der Waals surface area contributed by atoms with E-state index in [0.29, 0.717) is 19.4 Å². The summed E-state index contributed by atoms with van der Waals surface area (Å²) in [4.78, 5) is 27.1. The van der Waals surface area contributed by atoms with Gasteiger partial charge in [-0.15, -0.1) is 0 Å². The molecule has 0 bridgehead atoms. The molecule has 0 spiro atoms. The number of hydrogen-bond donors (Lipinski definition) is 1. The number of carbonyl (C=O) groups is 2. The lowest BCUT2D eigenvalue weighted by Crippen LogP contribution is -2.35. The van der Waals surface area contributed by atoms with Gasteiger partial charge in [-0.2, -0.15) is 0 Å². The second-order valence-electron chi connectivity index (χ2n) is 15.4. The molecule has 0 aromatic carbocycles. The summed E-state index contributed by atoms with van der Waals surface area (Å²) in [5, 5.41) is 9.96. The molecule has 0 radical (unpaired) electrons.